The smallest absolute Gasteiger partial charge is 0.191 e. The minimum absolute atomic E-state index is 0.541. The second-order valence-electron chi connectivity index (χ2n) is 5.44. The fourth-order valence-corrected chi connectivity index (χ4v) is 2.42. The molecule has 2 N–H and O–H groups in total. The quantitative estimate of drug-likeness (QED) is 0.531. The summed E-state index contributed by atoms with van der Waals surface area (Å²) in [5.41, 5.74) is 1.95. The highest BCUT2D eigenvalue weighted by atomic mass is 16.5. The Labute approximate surface area is 146 Å². The highest BCUT2D eigenvalue weighted by molar-refractivity contribution is 5.79. The normalized spacial score (nSPS) is 11.5. The first-order valence-electron chi connectivity index (χ1n) is 8.24. The molecule has 0 aliphatic heterocycles. The molecule has 0 aliphatic rings. The van der Waals surface area contributed by atoms with Crippen LogP contribution in [0.3, 0.4) is 0 Å². The van der Waals surface area contributed by atoms with Gasteiger partial charge in [0.25, 0.3) is 0 Å². The Bertz CT molecular complexity index is 840. The van der Waals surface area contributed by atoms with Gasteiger partial charge in [-0.1, -0.05) is 18.2 Å². The molecular formula is C18H22N6O. The van der Waals surface area contributed by atoms with Crippen LogP contribution in [0.15, 0.2) is 53.7 Å². The Morgan fingerprint density at radius 1 is 1.12 bits per heavy atom. The van der Waals surface area contributed by atoms with Gasteiger partial charge in [-0.25, -0.2) is 4.99 Å². The third kappa shape index (κ3) is 4.26. The van der Waals surface area contributed by atoms with Crippen molar-refractivity contribution in [1.82, 2.24) is 25.2 Å². The lowest BCUT2D eigenvalue weighted by atomic mass is 10.2. The maximum Gasteiger partial charge on any atom is 0.191 e. The Hall–Kier alpha value is -3.09. The predicted molar refractivity (Wildman–Crippen MR) is 97.6 cm³/mol. The summed E-state index contributed by atoms with van der Waals surface area (Å²) >= 11 is 0. The van der Waals surface area contributed by atoms with Crippen molar-refractivity contribution in [2.24, 2.45) is 4.99 Å². The van der Waals surface area contributed by atoms with Crippen LogP contribution >= 0.6 is 0 Å². The van der Waals surface area contributed by atoms with Gasteiger partial charge in [-0.3, -0.25) is 4.40 Å². The molecule has 0 amide bonds. The second-order valence-corrected chi connectivity index (χ2v) is 5.44. The molecule has 0 saturated carbocycles. The van der Waals surface area contributed by atoms with Crippen LogP contribution in [0, 0.1) is 0 Å². The monoisotopic (exact) mass is 338 g/mol. The average molecular weight is 338 g/mol. The zero-order valence-corrected chi connectivity index (χ0v) is 14.4. The molecule has 0 spiro atoms. The van der Waals surface area contributed by atoms with E-state index in [9.17, 15) is 0 Å². The SMILES string of the molecule is CCNC(=NCc1ccc(OC)cc1)NCc1nnc2ccccn12. The molecule has 2 aromatic heterocycles. The van der Waals surface area contributed by atoms with Gasteiger partial charge in [0.2, 0.25) is 0 Å². The number of ether oxygens (including phenoxy) is 1. The van der Waals surface area contributed by atoms with Gasteiger partial charge in [0.05, 0.1) is 20.2 Å². The number of nitrogens with one attached hydrogen (secondary N) is 2. The van der Waals surface area contributed by atoms with Crippen molar-refractivity contribution in [2.75, 3.05) is 13.7 Å². The van der Waals surface area contributed by atoms with Crippen molar-refractivity contribution < 1.29 is 4.74 Å². The highest BCUT2D eigenvalue weighted by Gasteiger charge is 2.05. The highest BCUT2D eigenvalue weighted by Crippen LogP contribution is 2.11. The number of hydrogen-bond donors (Lipinski definition) is 2. The van der Waals surface area contributed by atoms with E-state index in [0.29, 0.717) is 13.1 Å². The van der Waals surface area contributed by atoms with Gasteiger partial charge >= 0.3 is 0 Å². The van der Waals surface area contributed by atoms with Gasteiger partial charge < -0.3 is 15.4 Å². The largest absolute Gasteiger partial charge is 0.497 e. The molecule has 1 aromatic carbocycles. The molecule has 25 heavy (non-hydrogen) atoms. The minimum Gasteiger partial charge on any atom is -0.497 e. The number of nitrogens with zero attached hydrogens (tertiary/aromatic N) is 4. The van der Waals surface area contributed by atoms with Crippen LogP contribution in [0.1, 0.15) is 18.3 Å². The van der Waals surface area contributed by atoms with Gasteiger partial charge in [0.1, 0.15) is 5.75 Å². The third-order valence-corrected chi connectivity index (χ3v) is 3.72. The van der Waals surface area contributed by atoms with Crippen LogP contribution in [-0.2, 0) is 13.1 Å². The number of benzene rings is 1. The van der Waals surface area contributed by atoms with Gasteiger partial charge in [-0.2, -0.15) is 0 Å². The van der Waals surface area contributed by atoms with Crippen molar-refractivity contribution in [2.45, 2.75) is 20.0 Å². The number of hydrogen-bond acceptors (Lipinski definition) is 4. The van der Waals surface area contributed by atoms with Crippen LogP contribution in [-0.4, -0.2) is 34.2 Å². The molecule has 3 aromatic rings. The van der Waals surface area contributed by atoms with Crippen LogP contribution in [0.25, 0.3) is 5.65 Å². The van der Waals surface area contributed by atoms with E-state index >= 15 is 0 Å². The van der Waals surface area contributed by atoms with E-state index in [0.717, 1.165) is 35.3 Å². The number of aliphatic imine (C=N–C) groups is 1. The minimum atomic E-state index is 0.541. The molecule has 0 aliphatic carbocycles. The lowest BCUT2D eigenvalue weighted by molar-refractivity contribution is 0.414. The molecule has 0 saturated heterocycles. The first-order chi connectivity index (χ1) is 12.3. The summed E-state index contributed by atoms with van der Waals surface area (Å²) in [5, 5.41) is 14.9. The zero-order chi connectivity index (χ0) is 17.5. The number of fused-ring (bicyclic) bond motifs is 1. The van der Waals surface area contributed by atoms with Gasteiger partial charge in [0, 0.05) is 12.7 Å². The van der Waals surface area contributed by atoms with E-state index in [1.54, 1.807) is 7.11 Å². The van der Waals surface area contributed by atoms with Crippen molar-refractivity contribution in [1.29, 1.82) is 0 Å². The lowest BCUT2D eigenvalue weighted by Crippen LogP contribution is -2.37. The molecule has 0 radical (unpaired) electrons. The summed E-state index contributed by atoms with van der Waals surface area (Å²) in [6.07, 6.45) is 1.95. The Kier molecular flexibility index (Phi) is 5.46. The van der Waals surface area contributed by atoms with Gasteiger partial charge in [0.15, 0.2) is 17.4 Å². The summed E-state index contributed by atoms with van der Waals surface area (Å²) < 4.78 is 7.13. The maximum absolute atomic E-state index is 5.17. The number of methoxy groups -OCH3 is 1. The number of rotatable bonds is 6. The lowest BCUT2D eigenvalue weighted by Gasteiger charge is -2.10. The third-order valence-electron chi connectivity index (χ3n) is 3.72. The first-order valence-corrected chi connectivity index (χ1v) is 8.24. The van der Waals surface area contributed by atoms with E-state index in [1.807, 2.05) is 60.0 Å². The van der Waals surface area contributed by atoms with Crippen LogP contribution in [0.5, 0.6) is 5.75 Å². The second kappa shape index (κ2) is 8.14. The molecule has 0 unspecified atom stereocenters. The van der Waals surface area contributed by atoms with Crippen molar-refractivity contribution in [3.05, 3.63) is 60.0 Å². The van der Waals surface area contributed by atoms with Crippen molar-refractivity contribution in [3.63, 3.8) is 0 Å². The first kappa shape index (κ1) is 16.8. The van der Waals surface area contributed by atoms with Crippen molar-refractivity contribution >= 4 is 11.6 Å². The molecule has 2 heterocycles. The van der Waals surface area contributed by atoms with E-state index in [2.05, 4.69) is 25.8 Å². The molecule has 0 atom stereocenters. The predicted octanol–water partition coefficient (Wildman–Crippen LogP) is 1.99. The Morgan fingerprint density at radius 3 is 2.72 bits per heavy atom. The molecule has 7 heteroatoms. The number of aromatic nitrogens is 3. The van der Waals surface area contributed by atoms with Crippen LogP contribution in [0.4, 0.5) is 0 Å². The summed E-state index contributed by atoms with van der Waals surface area (Å²) in [6, 6.07) is 13.7. The topological polar surface area (TPSA) is 75.8 Å². The summed E-state index contributed by atoms with van der Waals surface area (Å²) in [7, 11) is 1.66. The Morgan fingerprint density at radius 2 is 1.96 bits per heavy atom. The fraction of sp³-hybridized carbons (Fsp3) is 0.278. The average Bonchev–Trinajstić information content (AvgIpc) is 3.07. The van der Waals surface area contributed by atoms with E-state index in [4.69, 9.17) is 4.74 Å². The molecule has 0 fully saturated rings. The fourth-order valence-electron chi connectivity index (χ4n) is 2.42. The van der Waals surface area contributed by atoms with E-state index in [-0.39, 0.29) is 0 Å². The maximum atomic E-state index is 5.17. The van der Waals surface area contributed by atoms with Crippen LogP contribution < -0.4 is 15.4 Å². The Balaban J connectivity index is 1.65. The molecular weight excluding hydrogens is 316 g/mol. The van der Waals surface area contributed by atoms with Gasteiger partial charge in [-0.15, -0.1) is 10.2 Å². The summed E-state index contributed by atoms with van der Waals surface area (Å²) in [6.45, 7) is 3.95. The summed E-state index contributed by atoms with van der Waals surface area (Å²) in [4.78, 5) is 4.61. The molecule has 130 valence electrons. The molecule has 7 nitrogen and oxygen atoms in total. The number of pyridine rings is 1. The van der Waals surface area contributed by atoms with E-state index < -0.39 is 0 Å². The molecule has 0 bridgehead atoms. The standard InChI is InChI=1S/C18H22N6O/c1-3-19-18(20-12-14-7-9-15(25-2)10-8-14)21-13-17-23-22-16-6-4-5-11-24(16)17/h4-11H,3,12-13H2,1-2H3,(H2,19,20,21). The number of guanidine groups is 1. The summed E-state index contributed by atoms with van der Waals surface area (Å²) in [5.74, 6) is 2.42. The van der Waals surface area contributed by atoms with E-state index in [1.165, 1.54) is 0 Å². The zero-order valence-electron chi connectivity index (χ0n) is 14.4. The van der Waals surface area contributed by atoms with Gasteiger partial charge in [-0.05, 0) is 36.8 Å². The molecule has 3 rings (SSSR count). The van der Waals surface area contributed by atoms with Crippen molar-refractivity contribution in [3.8, 4) is 5.75 Å². The van der Waals surface area contributed by atoms with Crippen LogP contribution in [0.2, 0.25) is 0 Å².